The summed E-state index contributed by atoms with van der Waals surface area (Å²) in [5, 5.41) is 7.01. The molecule has 0 heterocycles. The Morgan fingerprint density at radius 2 is 1.67 bits per heavy atom. The minimum absolute atomic E-state index is 0.0518. The first-order valence-electron chi connectivity index (χ1n) is 7.58. The lowest BCUT2D eigenvalue weighted by atomic mass is 10.2. The molecule has 0 aliphatic rings. The van der Waals surface area contributed by atoms with E-state index in [-0.39, 0.29) is 16.7 Å². The lowest BCUT2D eigenvalue weighted by Gasteiger charge is -2.12. The van der Waals surface area contributed by atoms with E-state index in [4.69, 9.17) is 0 Å². The summed E-state index contributed by atoms with van der Waals surface area (Å²) in [6.45, 7) is -0.317. The quantitative estimate of drug-likeness (QED) is 0.605. The number of halogens is 5. The van der Waals surface area contributed by atoms with Crippen LogP contribution in [-0.4, -0.2) is 18.5 Å². The minimum Gasteiger partial charge on any atom is -0.334 e. The summed E-state index contributed by atoms with van der Waals surface area (Å²) in [5.74, 6) is -1.09. The molecule has 5 nitrogen and oxygen atoms in total. The molecule has 10 heteroatoms. The highest BCUT2D eigenvalue weighted by Crippen LogP contribution is 2.36. The van der Waals surface area contributed by atoms with E-state index < -0.39 is 36.0 Å². The fraction of sp³-hybridized carbons (Fsp3) is 0.176. The third-order valence-corrected chi connectivity index (χ3v) is 4.02. The SMILES string of the molecule is O=C(CNC(=O)NCc1ccc(F)cc1)Nc1ccc(Br)c(C(F)(F)F)c1. The molecule has 2 rings (SSSR count). The Bertz CT molecular complexity index is 826. The fourth-order valence-corrected chi connectivity index (χ4v) is 2.50. The Balaban J connectivity index is 1.82. The molecular formula is C17H14BrF4N3O2. The van der Waals surface area contributed by atoms with Crippen LogP contribution >= 0.6 is 15.9 Å². The molecule has 0 aromatic heterocycles. The average Bonchev–Trinajstić information content (AvgIpc) is 2.60. The van der Waals surface area contributed by atoms with Gasteiger partial charge in [0.1, 0.15) is 5.82 Å². The molecule has 0 bridgehead atoms. The molecule has 0 atom stereocenters. The van der Waals surface area contributed by atoms with Crippen molar-refractivity contribution in [1.82, 2.24) is 10.6 Å². The molecule has 0 saturated heterocycles. The van der Waals surface area contributed by atoms with E-state index in [0.29, 0.717) is 5.56 Å². The van der Waals surface area contributed by atoms with Gasteiger partial charge >= 0.3 is 12.2 Å². The van der Waals surface area contributed by atoms with Crippen molar-refractivity contribution in [3.05, 3.63) is 63.9 Å². The predicted octanol–water partition coefficient (Wildman–Crippen LogP) is 4.04. The summed E-state index contributed by atoms with van der Waals surface area (Å²) in [7, 11) is 0. The molecule has 27 heavy (non-hydrogen) atoms. The van der Waals surface area contributed by atoms with Gasteiger partial charge < -0.3 is 16.0 Å². The molecule has 0 saturated carbocycles. The maximum Gasteiger partial charge on any atom is 0.417 e. The summed E-state index contributed by atoms with van der Waals surface area (Å²) in [4.78, 5) is 23.4. The number of carbonyl (C=O) groups is 2. The zero-order chi connectivity index (χ0) is 20.0. The zero-order valence-corrected chi connectivity index (χ0v) is 15.2. The molecule has 0 unspecified atom stereocenters. The molecule has 2 aromatic rings. The van der Waals surface area contributed by atoms with Crippen molar-refractivity contribution < 1.29 is 27.2 Å². The van der Waals surface area contributed by atoms with E-state index in [2.05, 4.69) is 31.9 Å². The van der Waals surface area contributed by atoms with Gasteiger partial charge in [-0.25, -0.2) is 9.18 Å². The standard InChI is InChI=1S/C17H14BrF4N3O2/c18-14-6-5-12(7-13(14)17(20,21)22)25-15(26)9-24-16(27)23-8-10-1-3-11(19)4-2-10/h1-7H,8-9H2,(H,25,26)(H2,23,24,27). The molecule has 0 aliphatic heterocycles. The van der Waals surface area contributed by atoms with Crippen molar-refractivity contribution in [2.45, 2.75) is 12.7 Å². The van der Waals surface area contributed by atoms with Gasteiger partial charge in [0.05, 0.1) is 12.1 Å². The van der Waals surface area contributed by atoms with Gasteiger partial charge in [-0.2, -0.15) is 13.2 Å². The van der Waals surface area contributed by atoms with Crippen molar-refractivity contribution in [2.75, 3.05) is 11.9 Å². The summed E-state index contributed by atoms with van der Waals surface area (Å²) in [6, 6.07) is 8.08. The number of hydrogen-bond acceptors (Lipinski definition) is 2. The van der Waals surface area contributed by atoms with Gasteiger partial charge in [-0.3, -0.25) is 4.79 Å². The molecule has 3 amide bonds. The first-order chi connectivity index (χ1) is 12.6. The number of amides is 3. The smallest absolute Gasteiger partial charge is 0.334 e. The Morgan fingerprint density at radius 1 is 1.00 bits per heavy atom. The second-order valence-electron chi connectivity index (χ2n) is 5.40. The number of rotatable bonds is 5. The van der Waals surface area contributed by atoms with Crippen LogP contribution < -0.4 is 16.0 Å². The fourth-order valence-electron chi connectivity index (χ4n) is 2.03. The van der Waals surface area contributed by atoms with Crippen LogP contribution in [-0.2, 0) is 17.5 Å². The lowest BCUT2D eigenvalue weighted by molar-refractivity contribution is -0.138. The second kappa shape index (κ2) is 8.85. The van der Waals surface area contributed by atoms with E-state index >= 15 is 0 Å². The van der Waals surface area contributed by atoms with E-state index in [1.807, 2.05) is 0 Å². The lowest BCUT2D eigenvalue weighted by Crippen LogP contribution is -2.39. The van der Waals surface area contributed by atoms with Crippen molar-refractivity contribution >= 4 is 33.6 Å². The Kier molecular flexibility index (Phi) is 6.78. The van der Waals surface area contributed by atoms with Crippen molar-refractivity contribution in [1.29, 1.82) is 0 Å². The van der Waals surface area contributed by atoms with Crippen molar-refractivity contribution in [2.24, 2.45) is 0 Å². The van der Waals surface area contributed by atoms with Crippen LogP contribution in [0.5, 0.6) is 0 Å². The van der Waals surface area contributed by atoms with E-state index in [1.54, 1.807) is 0 Å². The van der Waals surface area contributed by atoms with Gasteiger partial charge in [0, 0.05) is 16.7 Å². The van der Waals surface area contributed by atoms with E-state index in [9.17, 15) is 27.2 Å². The van der Waals surface area contributed by atoms with Crippen molar-refractivity contribution in [3.63, 3.8) is 0 Å². The summed E-state index contributed by atoms with van der Waals surface area (Å²) >= 11 is 2.80. The molecule has 0 radical (unpaired) electrons. The second-order valence-corrected chi connectivity index (χ2v) is 6.26. The largest absolute Gasteiger partial charge is 0.417 e. The molecule has 0 fully saturated rings. The summed E-state index contributed by atoms with van der Waals surface area (Å²) in [6.07, 6.45) is -4.57. The molecule has 3 N–H and O–H groups in total. The van der Waals surface area contributed by atoms with Gasteiger partial charge in [-0.1, -0.05) is 28.1 Å². The van der Waals surface area contributed by atoms with Crippen LogP contribution in [0.2, 0.25) is 0 Å². The highest BCUT2D eigenvalue weighted by atomic mass is 79.9. The maximum atomic E-state index is 12.8. The summed E-state index contributed by atoms with van der Waals surface area (Å²) in [5.41, 5.74) is -0.320. The number of benzene rings is 2. The van der Waals surface area contributed by atoms with Gasteiger partial charge in [0.15, 0.2) is 0 Å². The number of anilines is 1. The molecule has 144 valence electrons. The van der Waals surface area contributed by atoms with Gasteiger partial charge in [0.25, 0.3) is 0 Å². The minimum atomic E-state index is -4.57. The maximum absolute atomic E-state index is 12.8. The van der Waals surface area contributed by atoms with Crippen LogP contribution in [0.1, 0.15) is 11.1 Å². The number of urea groups is 1. The van der Waals surface area contributed by atoms with Gasteiger partial charge in [0.2, 0.25) is 5.91 Å². The Morgan fingerprint density at radius 3 is 2.30 bits per heavy atom. The first kappa shape index (κ1) is 20.7. The highest BCUT2D eigenvalue weighted by Gasteiger charge is 2.33. The van der Waals surface area contributed by atoms with Crippen LogP contribution in [0, 0.1) is 5.82 Å². The van der Waals surface area contributed by atoms with E-state index in [1.165, 1.54) is 36.4 Å². The number of hydrogen-bond donors (Lipinski definition) is 3. The summed E-state index contributed by atoms with van der Waals surface area (Å²) < 4.78 is 51.1. The zero-order valence-electron chi connectivity index (χ0n) is 13.7. The third kappa shape index (κ3) is 6.55. The topological polar surface area (TPSA) is 70.2 Å². The predicted molar refractivity (Wildman–Crippen MR) is 94.4 cm³/mol. The average molecular weight is 448 g/mol. The number of carbonyl (C=O) groups excluding carboxylic acids is 2. The Labute approximate surface area is 160 Å². The normalized spacial score (nSPS) is 11.0. The van der Waals surface area contributed by atoms with Crippen LogP contribution in [0.4, 0.5) is 28.0 Å². The highest BCUT2D eigenvalue weighted by molar-refractivity contribution is 9.10. The van der Waals surface area contributed by atoms with Crippen LogP contribution in [0.15, 0.2) is 46.9 Å². The molecule has 2 aromatic carbocycles. The Hall–Kier alpha value is -2.62. The monoisotopic (exact) mass is 447 g/mol. The molecular weight excluding hydrogens is 434 g/mol. The number of alkyl halides is 3. The van der Waals surface area contributed by atoms with Gasteiger partial charge in [-0.15, -0.1) is 0 Å². The van der Waals surface area contributed by atoms with Crippen molar-refractivity contribution in [3.8, 4) is 0 Å². The van der Waals surface area contributed by atoms with E-state index in [0.717, 1.165) is 6.07 Å². The number of nitrogens with one attached hydrogen (secondary N) is 3. The molecule has 0 aliphatic carbocycles. The van der Waals surface area contributed by atoms with Crippen LogP contribution in [0.3, 0.4) is 0 Å². The first-order valence-corrected chi connectivity index (χ1v) is 8.37. The third-order valence-electron chi connectivity index (χ3n) is 3.33. The molecule has 0 spiro atoms. The van der Waals surface area contributed by atoms with Gasteiger partial charge in [-0.05, 0) is 35.9 Å². The van der Waals surface area contributed by atoms with Crippen LogP contribution in [0.25, 0.3) is 0 Å².